The Labute approximate surface area is 238 Å². The molecule has 2 aromatic carbocycles. The van der Waals surface area contributed by atoms with Crippen LogP contribution in [0.15, 0.2) is 42.5 Å². The topological polar surface area (TPSA) is 76.5 Å². The van der Waals surface area contributed by atoms with Gasteiger partial charge in [0, 0.05) is 29.2 Å². The molecule has 0 aliphatic carbocycles. The standard InChI is InChI=1S/C30H36F2N4O3S/c1-18(2)13-14-33-24(37)16-35-25(38)17-40-27(22-12-7-19(31)15-23(22)32)26-28(30(3,4)5)34-36(29(26)35)20-8-10-21(39-6)11-9-20/h7-12,15,18,27H,13-14,16-17H2,1-6H3,(H,33,37). The Morgan fingerprint density at radius 2 is 1.88 bits per heavy atom. The van der Waals surface area contributed by atoms with Crippen molar-refractivity contribution in [3.8, 4) is 11.4 Å². The fourth-order valence-electron chi connectivity index (χ4n) is 4.64. The molecule has 214 valence electrons. The zero-order valence-electron chi connectivity index (χ0n) is 23.8. The summed E-state index contributed by atoms with van der Waals surface area (Å²) in [5, 5.41) is 7.23. The van der Waals surface area contributed by atoms with E-state index in [1.165, 1.54) is 28.8 Å². The smallest absolute Gasteiger partial charge is 0.240 e. The molecular formula is C30H36F2N4O3S. The van der Waals surface area contributed by atoms with E-state index in [0.29, 0.717) is 41.0 Å². The van der Waals surface area contributed by atoms with Gasteiger partial charge in [-0.3, -0.25) is 14.5 Å². The maximum atomic E-state index is 15.3. The lowest BCUT2D eigenvalue weighted by Crippen LogP contribution is -2.42. The quantitative estimate of drug-likeness (QED) is 0.371. The van der Waals surface area contributed by atoms with Crippen LogP contribution >= 0.6 is 11.8 Å². The molecule has 3 aromatic rings. The monoisotopic (exact) mass is 570 g/mol. The van der Waals surface area contributed by atoms with Crippen molar-refractivity contribution in [3.63, 3.8) is 0 Å². The van der Waals surface area contributed by atoms with Gasteiger partial charge in [0.15, 0.2) is 0 Å². The molecule has 2 amide bonds. The highest BCUT2D eigenvalue weighted by molar-refractivity contribution is 8.00. The van der Waals surface area contributed by atoms with E-state index in [-0.39, 0.29) is 29.7 Å². The van der Waals surface area contributed by atoms with Crippen molar-refractivity contribution in [2.75, 3.05) is 30.9 Å². The average Bonchev–Trinajstić information content (AvgIpc) is 3.23. The second kappa shape index (κ2) is 12.0. The number of methoxy groups -OCH3 is 1. The predicted octanol–water partition coefficient (Wildman–Crippen LogP) is 5.79. The molecule has 1 unspecified atom stereocenters. The van der Waals surface area contributed by atoms with E-state index in [4.69, 9.17) is 9.84 Å². The third-order valence-electron chi connectivity index (χ3n) is 6.71. The Bertz CT molecular complexity index is 1380. The largest absolute Gasteiger partial charge is 0.497 e. The molecule has 1 atom stereocenters. The number of hydrogen-bond acceptors (Lipinski definition) is 5. The van der Waals surface area contributed by atoms with E-state index in [1.54, 1.807) is 23.9 Å². The van der Waals surface area contributed by atoms with Crippen LogP contribution in [-0.2, 0) is 15.0 Å². The van der Waals surface area contributed by atoms with Gasteiger partial charge in [0.2, 0.25) is 11.8 Å². The number of hydrogen-bond donors (Lipinski definition) is 1. The highest BCUT2D eigenvalue weighted by atomic mass is 32.2. The molecule has 40 heavy (non-hydrogen) atoms. The molecular weight excluding hydrogens is 534 g/mol. The maximum absolute atomic E-state index is 15.3. The van der Waals surface area contributed by atoms with Crippen molar-refractivity contribution < 1.29 is 23.1 Å². The number of nitrogens with zero attached hydrogens (tertiary/aromatic N) is 3. The zero-order chi connectivity index (χ0) is 29.2. The lowest BCUT2D eigenvalue weighted by Gasteiger charge is -2.25. The van der Waals surface area contributed by atoms with Crippen LogP contribution in [0.1, 0.15) is 63.1 Å². The van der Waals surface area contributed by atoms with Gasteiger partial charge in [-0.1, -0.05) is 40.7 Å². The van der Waals surface area contributed by atoms with E-state index in [1.807, 2.05) is 32.9 Å². The third-order valence-corrected chi connectivity index (χ3v) is 7.94. The summed E-state index contributed by atoms with van der Waals surface area (Å²) in [5.74, 6) is -0.507. The number of thioether (sulfide) groups is 1. The van der Waals surface area contributed by atoms with Crippen LogP contribution in [0.25, 0.3) is 5.69 Å². The van der Waals surface area contributed by atoms with Crippen molar-refractivity contribution in [1.82, 2.24) is 15.1 Å². The molecule has 4 rings (SSSR count). The molecule has 1 aromatic heterocycles. The van der Waals surface area contributed by atoms with Gasteiger partial charge >= 0.3 is 0 Å². The summed E-state index contributed by atoms with van der Waals surface area (Å²) >= 11 is 1.25. The summed E-state index contributed by atoms with van der Waals surface area (Å²) in [4.78, 5) is 28.2. The van der Waals surface area contributed by atoms with Crippen LogP contribution < -0.4 is 15.0 Å². The number of benzene rings is 2. The second-order valence-corrected chi connectivity index (χ2v) is 12.4. The molecule has 1 aliphatic rings. The number of rotatable bonds is 8. The first-order chi connectivity index (χ1) is 18.9. The first-order valence-electron chi connectivity index (χ1n) is 13.3. The minimum atomic E-state index is -0.701. The number of halogens is 2. The first-order valence-corrected chi connectivity index (χ1v) is 14.4. The number of anilines is 1. The van der Waals surface area contributed by atoms with E-state index in [9.17, 15) is 14.0 Å². The lowest BCUT2D eigenvalue weighted by atomic mass is 9.87. The number of amides is 2. The molecule has 0 saturated heterocycles. The Morgan fingerprint density at radius 3 is 2.48 bits per heavy atom. The number of fused-ring (bicyclic) bond motifs is 1. The Balaban J connectivity index is 1.94. The van der Waals surface area contributed by atoms with E-state index in [2.05, 4.69) is 19.2 Å². The average molecular weight is 571 g/mol. The van der Waals surface area contributed by atoms with Crippen LogP contribution in [0.3, 0.4) is 0 Å². The van der Waals surface area contributed by atoms with Gasteiger partial charge in [-0.15, -0.1) is 11.8 Å². The van der Waals surface area contributed by atoms with E-state index in [0.717, 1.165) is 12.5 Å². The number of carbonyl (C=O) groups excluding carboxylic acids is 2. The predicted molar refractivity (Wildman–Crippen MR) is 154 cm³/mol. The van der Waals surface area contributed by atoms with Crippen molar-refractivity contribution in [3.05, 3.63) is 70.9 Å². The molecule has 10 heteroatoms. The van der Waals surface area contributed by atoms with Gasteiger partial charge in [0.25, 0.3) is 0 Å². The molecule has 0 radical (unpaired) electrons. The number of carbonyl (C=O) groups is 2. The summed E-state index contributed by atoms with van der Waals surface area (Å²) in [6.45, 7) is 10.4. The van der Waals surface area contributed by atoms with Crippen LogP contribution in [0.4, 0.5) is 14.6 Å². The summed E-state index contributed by atoms with van der Waals surface area (Å²) in [6.07, 6.45) is 0.810. The SMILES string of the molecule is COc1ccc(-n2nc(C(C)(C)C)c3c2N(CC(=O)NCCC(C)C)C(=O)CSC3c2ccc(F)cc2F)cc1. The number of ether oxygens (including phenoxy) is 1. The van der Waals surface area contributed by atoms with Gasteiger partial charge in [0.1, 0.15) is 29.7 Å². The Hall–Kier alpha value is -3.40. The molecule has 0 bridgehead atoms. The second-order valence-electron chi connectivity index (χ2n) is 11.3. The van der Waals surface area contributed by atoms with Gasteiger partial charge < -0.3 is 10.1 Å². The Morgan fingerprint density at radius 1 is 1.18 bits per heavy atom. The summed E-state index contributed by atoms with van der Waals surface area (Å²) in [5.41, 5.74) is 1.67. The van der Waals surface area contributed by atoms with Gasteiger partial charge in [-0.05, 0) is 42.7 Å². The summed E-state index contributed by atoms with van der Waals surface area (Å²) in [7, 11) is 1.57. The van der Waals surface area contributed by atoms with E-state index >= 15 is 4.39 Å². The Kier molecular flexibility index (Phi) is 8.87. The lowest BCUT2D eigenvalue weighted by molar-refractivity contribution is -0.122. The highest BCUT2D eigenvalue weighted by Crippen LogP contribution is 2.49. The minimum Gasteiger partial charge on any atom is -0.497 e. The van der Waals surface area contributed by atoms with Crippen LogP contribution in [-0.4, -0.2) is 47.5 Å². The number of aromatic nitrogens is 2. The summed E-state index contributed by atoms with van der Waals surface area (Å²) < 4.78 is 36.1. The van der Waals surface area contributed by atoms with E-state index < -0.39 is 22.3 Å². The molecule has 0 fully saturated rings. The highest BCUT2D eigenvalue weighted by Gasteiger charge is 2.40. The van der Waals surface area contributed by atoms with Crippen molar-refractivity contribution in [2.24, 2.45) is 5.92 Å². The van der Waals surface area contributed by atoms with Gasteiger partial charge in [-0.2, -0.15) is 5.10 Å². The van der Waals surface area contributed by atoms with Crippen molar-refractivity contribution in [2.45, 2.75) is 51.7 Å². The molecule has 2 heterocycles. The zero-order valence-corrected chi connectivity index (χ0v) is 24.6. The summed E-state index contributed by atoms with van der Waals surface area (Å²) in [6, 6.07) is 10.7. The van der Waals surface area contributed by atoms with Crippen molar-refractivity contribution >= 4 is 29.4 Å². The third kappa shape index (κ3) is 6.32. The van der Waals surface area contributed by atoms with Crippen LogP contribution in [0.2, 0.25) is 0 Å². The fraction of sp³-hybridized carbons (Fsp3) is 0.433. The molecule has 0 saturated carbocycles. The molecule has 1 N–H and O–H groups in total. The number of nitrogens with one attached hydrogen (secondary N) is 1. The molecule has 0 spiro atoms. The van der Waals surface area contributed by atoms with Crippen molar-refractivity contribution in [1.29, 1.82) is 0 Å². The van der Waals surface area contributed by atoms with Crippen LogP contribution in [0, 0.1) is 17.6 Å². The minimum absolute atomic E-state index is 0.00162. The maximum Gasteiger partial charge on any atom is 0.240 e. The molecule has 1 aliphatic heterocycles. The van der Waals surface area contributed by atoms with Gasteiger partial charge in [0.05, 0.1) is 29.5 Å². The molecule has 7 nitrogen and oxygen atoms in total. The first kappa shape index (κ1) is 29.6. The van der Waals surface area contributed by atoms with Crippen LogP contribution in [0.5, 0.6) is 5.75 Å². The normalized spacial score (nSPS) is 15.7. The fourth-order valence-corrected chi connectivity index (χ4v) is 5.86. The van der Waals surface area contributed by atoms with Gasteiger partial charge in [-0.25, -0.2) is 13.5 Å².